The molecule has 3 heteroatoms. The van der Waals surface area contributed by atoms with Gasteiger partial charge in [-0.15, -0.1) is 0 Å². The van der Waals surface area contributed by atoms with Gasteiger partial charge in [0.1, 0.15) is 5.75 Å². The van der Waals surface area contributed by atoms with E-state index in [1.165, 1.54) is 16.7 Å². The molecule has 0 aromatic heterocycles. The zero-order chi connectivity index (χ0) is 15.1. The molecule has 1 aromatic carbocycles. The highest BCUT2D eigenvalue weighted by Crippen LogP contribution is 2.33. The van der Waals surface area contributed by atoms with E-state index in [1.54, 1.807) is 0 Å². The molecule has 0 bridgehead atoms. The van der Waals surface area contributed by atoms with E-state index in [-0.39, 0.29) is 0 Å². The third kappa shape index (κ3) is 4.22. The Labute approximate surface area is 123 Å². The summed E-state index contributed by atoms with van der Waals surface area (Å²) < 4.78 is 5.67. The summed E-state index contributed by atoms with van der Waals surface area (Å²) in [6, 6.07) is 4.44. The Balaban J connectivity index is 3.00. The van der Waals surface area contributed by atoms with Gasteiger partial charge in [-0.2, -0.15) is 0 Å². The van der Waals surface area contributed by atoms with E-state index >= 15 is 0 Å². The minimum absolute atomic E-state index is 0.409. The standard InChI is InChI=1S/C17H30N2O/c1-5-15(9-14(10-18)11-19)16-7-13(4)17(20-6-2)8-12(16)3/h7-8,14-15H,5-6,9-11,18-19H2,1-4H3. The number of aryl methyl sites for hydroxylation is 2. The topological polar surface area (TPSA) is 61.3 Å². The van der Waals surface area contributed by atoms with E-state index in [2.05, 4.69) is 32.9 Å². The Morgan fingerprint density at radius 1 is 1.05 bits per heavy atom. The zero-order valence-electron chi connectivity index (χ0n) is 13.4. The van der Waals surface area contributed by atoms with Crippen molar-refractivity contribution in [2.24, 2.45) is 17.4 Å². The average molecular weight is 278 g/mol. The summed E-state index contributed by atoms with van der Waals surface area (Å²) in [6.45, 7) is 10.6. The summed E-state index contributed by atoms with van der Waals surface area (Å²) in [7, 11) is 0. The van der Waals surface area contributed by atoms with Crippen LogP contribution in [0.25, 0.3) is 0 Å². The molecule has 0 heterocycles. The Morgan fingerprint density at radius 2 is 1.70 bits per heavy atom. The number of hydrogen-bond acceptors (Lipinski definition) is 3. The molecular weight excluding hydrogens is 248 g/mol. The van der Waals surface area contributed by atoms with Gasteiger partial charge in [0.15, 0.2) is 0 Å². The maximum absolute atomic E-state index is 5.80. The second-order valence-electron chi connectivity index (χ2n) is 5.59. The van der Waals surface area contributed by atoms with Crippen LogP contribution in [0.4, 0.5) is 0 Å². The summed E-state index contributed by atoms with van der Waals surface area (Å²) in [4.78, 5) is 0. The molecule has 0 saturated heterocycles. The minimum Gasteiger partial charge on any atom is -0.494 e. The van der Waals surface area contributed by atoms with Crippen LogP contribution >= 0.6 is 0 Å². The number of hydrogen-bond donors (Lipinski definition) is 2. The third-order valence-corrected chi connectivity index (χ3v) is 4.08. The minimum atomic E-state index is 0.409. The first-order valence-corrected chi connectivity index (χ1v) is 7.71. The Kier molecular flexibility index (Phi) is 7.03. The van der Waals surface area contributed by atoms with Crippen LogP contribution in [0.3, 0.4) is 0 Å². The fraction of sp³-hybridized carbons (Fsp3) is 0.647. The van der Waals surface area contributed by atoms with Gasteiger partial charge >= 0.3 is 0 Å². The van der Waals surface area contributed by atoms with Crippen LogP contribution in [0, 0.1) is 19.8 Å². The van der Waals surface area contributed by atoms with E-state index < -0.39 is 0 Å². The summed E-state index contributed by atoms with van der Waals surface area (Å²) in [5, 5.41) is 0. The third-order valence-electron chi connectivity index (χ3n) is 4.08. The van der Waals surface area contributed by atoms with Crippen LogP contribution in [0.2, 0.25) is 0 Å². The molecule has 1 aromatic rings. The highest BCUT2D eigenvalue weighted by molar-refractivity contribution is 5.43. The van der Waals surface area contributed by atoms with Gasteiger partial charge in [-0.3, -0.25) is 0 Å². The van der Waals surface area contributed by atoms with Crippen molar-refractivity contribution in [3.63, 3.8) is 0 Å². The van der Waals surface area contributed by atoms with Crippen LogP contribution in [0.1, 0.15) is 49.3 Å². The van der Waals surface area contributed by atoms with Gasteiger partial charge < -0.3 is 16.2 Å². The molecule has 1 unspecified atom stereocenters. The smallest absolute Gasteiger partial charge is 0.122 e. The Morgan fingerprint density at radius 3 is 2.20 bits per heavy atom. The Bertz CT molecular complexity index is 414. The van der Waals surface area contributed by atoms with Gasteiger partial charge in [0.2, 0.25) is 0 Å². The first kappa shape index (κ1) is 17.0. The predicted octanol–water partition coefficient (Wildman–Crippen LogP) is 3.12. The molecule has 0 amide bonds. The largest absolute Gasteiger partial charge is 0.494 e. The molecule has 0 saturated carbocycles. The molecule has 0 spiro atoms. The highest BCUT2D eigenvalue weighted by Gasteiger charge is 2.18. The van der Waals surface area contributed by atoms with Gasteiger partial charge in [0.25, 0.3) is 0 Å². The van der Waals surface area contributed by atoms with Crippen LogP contribution in [-0.4, -0.2) is 19.7 Å². The van der Waals surface area contributed by atoms with Gasteiger partial charge in [-0.25, -0.2) is 0 Å². The quantitative estimate of drug-likeness (QED) is 0.768. The fourth-order valence-electron chi connectivity index (χ4n) is 2.77. The van der Waals surface area contributed by atoms with E-state index in [1.807, 2.05) is 6.92 Å². The van der Waals surface area contributed by atoms with Crippen molar-refractivity contribution in [2.45, 2.75) is 46.5 Å². The summed E-state index contributed by atoms with van der Waals surface area (Å²) in [5.74, 6) is 1.94. The van der Waals surface area contributed by atoms with Crippen LogP contribution in [0.5, 0.6) is 5.75 Å². The van der Waals surface area contributed by atoms with E-state index in [0.717, 1.165) is 18.6 Å². The first-order chi connectivity index (χ1) is 9.57. The SMILES string of the molecule is CCOc1cc(C)c(C(CC)CC(CN)CN)cc1C. The summed E-state index contributed by atoms with van der Waals surface area (Å²) in [5.41, 5.74) is 15.5. The molecule has 114 valence electrons. The second-order valence-corrected chi connectivity index (χ2v) is 5.59. The molecular formula is C17H30N2O. The van der Waals surface area contributed by atoms with E-state index in [9.17, 15) is 0 Å². The second kappa shape index (κ2) is 8.28. The van der Waals surface area contributed by atoms with Crippen LogP contribution < -0.4 is 16.2 Å². The van der Waals surface area contributed by atoms with E-state index in [4.69, 9.17) is 16.2 Å². The summed E-state index contributed by atoms with van der Waals surface area (Å²) >= 11 is 0. The average Bonchev–Trinajstić information content (AvgIpc) is 2.45. The lowest BCUT2D eigenvalue weighted by Gasteiger charge is -2.23. The molecule has 3 nitrogen and oxygen atoms in total. The van der Waals surface area contributed by atoms with Crippen molar-refractivity contribution < 1.29 is 4.74 Å². The molecule has 1 rings (SSSR count). The molecule has 1 atom stereocenters. The maximum Gasteiger partial charge on any atom is 0.122 e. The van der Waals surface area contributed by atoms with Crippen molar-refractivity contribution in [1.82, 2.24) is 0 Å². The van der Waals surface area contributed by atoms with Gasteiger partial charge in [0, 0.05) is 0 Å². The lowest BCUT2D eigenvalue weighted by Crippen LogP contribution is -2.25. The Hall–Kier alpha value is -1.06. The maximum atomic E-state index is 5.80. The van der Waals surface area contributed by atoms with E-state index in [0.29, 0.717) is 31.5 Å². The lowest BCUT2D eigenvalue weighted by molar-refractivity contribution is 0.337. The van der Waals surface area contributed by atoms with Crippen molar-refractivity contribution >= 4 is 0 Å². The molecule has 0 aliphatic heterocycles. The number of benzene rings is 1. The van der Waals surface area contributed by atoms with Crippen molar-refractivity contribution in [2.75, 3.05) is 19.7 Å². The normalized spacial score (nSPS) is 12.8. The lowest BCUT2D eigenvalue weighted by atomic mass is 9.84. The number of rotatable bonds is 8. The highest BCUT2D eigenvalue weighted by atomic mass is 16.5. The van der Waals surface area contributed by atoms with Crippen LogP contribution in [0.15, 0.2) is 12.1 Å². The van der Waals surface area contributed by atoms with Crippen LogP contribution in [-0.2, 0) is 0 Å². The van der Waals surface area contributed by atoms with Crippen molar-refractivity contribution in [1.29, 1.82) is 0 Å². The van der Waals surface area contributed by atoms with Crippen molar-refractivity contribution in [3.05, 3.63) is 28.8 Å². The summed E-state index contributed by atoms with van der Waals surface area (Å²) in [6.07, 6.45) is 2.18. The van der Waals surface area contributed by atoms with Gasteiger partial charge in [-0.1, -0.05) is 13.0 Å². The van der Waals surface area contributed by atoms with Gasteiger partial charge in [0.05, 0.1) is 6.61 Å². The number of ether oxygens (including phenoxy) is 1. The molecule has 20 heavy (non-hydrogen) atoms. The molecule has 0 radical (unpaired) electrons. The fourth-order valence-corrected chi connectivity index (χ4v) is 2.77. The first-order valence-electron chi connectivity index (χ1n) is 7.71. The van der Waals surface area contributed by atoms with Crippen molar-refractivity contribution in [3.8, 4) is 5.75 Å². The van der Waals surface area contributed by atoms with Gasteiger partial charge in [-0.05, 0) is 81.3 Å². The molecule has 0 aliphatic rings. The number of nitrogens with two attached hydrogens (primary N) is 2. The monoisotopic (exact) mass is 278 g/mol. The molecule has 0 aliphatic carbocycles. The zero-order valence-corrected chi connectivity index (χ0v) is 13.4. The predicted molar refractivity (Wildman–Crippen MR) is 86.3 cm³/mol. The molecule has 4 N–H and O–H groups in total. The molecule has 0 fully saturated rings.